The molecule has 0 saturated heterocycles. The second-order valence-electron chi connectivity index (χ2n) is 8.75. The van der Waals surface area contributed by atoms with E-state index in [1.165, 1.54) is 14.0 Å². The molecule has 0 radical (unpaired) electrons. The van der Waals surface area contributed by atoms with Crippen LogP contribution in [0.3, 0.4) is 0 Å². The van der Waals surface area contributed by atoms with Crippen molar-refractivity contribution in [2.75, 3.05) is 12.4 Å². The van der Waals surface area contributed by atoms with E-state index >= 15 is 0 Å². The SMILES string of the molecule is COc1cc2c(cc1NC(=O)[C@@H](C)OC(=O)CCc1ncc(-c3ccc(C)cc3)o1)oc1ccccc12. The predicted molar refractivity (Wildman–Crippen MR) is 139 cm³/mol. The van der Waals surface area contributed by atoms with Gasteiger partial charge < -0.3 is 23.6 Å². The normalized spacial score (nSPS) is 12.0. The highest BCUT2D eigenvalue weighted by molar-refractivity contribution is 6.08. The van der Waals surface area contributed by atoms with Crippen LogP contribution in [0.2, 0.25) is 0 Å². The first-order valence-electron chi connectivity index (χ1n) is 11.9. The molecule has 1 N–H and O–H groups in total. The van der Waals surface area contributed by atoms with E-state index in [4.69, 9.17) is 18.3 Å². The first-order chi connectivity index (χ1) is 17.9. The molecule has 2 heterocycles. The molecule has 0 aliphatic heterocycles. The van der Waals surface area contributed by atoms with Crippen LogP contribution < -0.4 is 10.1 Å². The maximum atomic E-state index is 12.8. The minimum Gasteiger partial charge on any atom is -0.495 e. The van der Waals surface area contributed by atoms with Crippen LogP contribution in [0.15, 0.2) is 75.7 Å². The number of aryl methyl sites for hydroxylation is 2. The van der Waals surface area contributed by atoms with Crippen LogP contribution in [-0.4, -0.2) is 30.1 Å². The molecular formula is C29H26N2O6. The summed E-state index contributed by atoms with van der Waals surface area (Å²) in [6.07, 6.45) is 0.902. The van der Waals surface area contributed by atoms with E-state index in [0.717, 1.165) is 27.5 Å². The lowest BCUT2D eigenvalue weighted by molar-refractivity contribution is -0.153. The summed E-state index contributed by atoms with van der Waals surface area (Å²) in [6, 6.07) is 19.1. The Bertz CT molecular complexity index is 1580. The standard InChI is InChI=1S/C29H26N2O6/c1-17-8-10-19(11-9-17)26-16-30-27(37-26)12-13-28(32)35-18(2)29(33)31-22-15-24-21(14-25(22)34-3)20-6-4-5-7-23(20)36-24/h4-11,14-16,18H,12-13H2,1-3H3,(H,31,33)/t18-/m1/s1. The Morgan fingerprint density at radius 2 is 1.78 bits per heavy atom. The molecule has 1 atom stereocenters. The molecule has 5 aromatic rings. The van der Waals surface area contributed by atoms with Crippen molar-refractivity contribution in [3.63, 3.8) is 0 Å². The van der Waals surface area contributed by atoms with Gasteiger partial charge in [0.25, 0.3) is 5.91 Å². The number of methoxy groups -OCH3 is 1. The zero-order chi connectivity index (χ0) is 25.9. The number of esters is 1. The number of rotatable bonds is 8. The molecule has 8 heteroatoms. The van der Waals surface area contributed by atoms with E-state index in [-0.39, 0.29) is 12.8 Å². The number of anilines is 1. The van der Waals surface area contributed by atoms with Crippen molar-refractivity contribution >= 4 is 39.5 Å². The van der Waals surface area contributed by atoms with Crippen molar-refractivity contribution in [1.82, 2.24) is 4.98 Å². The van der Waals surface area contributed by atoms with Gasteiger partial charge in [0.1, 0.15) is 16.9 Å². The Kier molecular flexibility index (Phi) is 6.64. The van der Waals surface area contributed by atoms with Gasteiger partial charge in [-0.25, -0.2) is 4.98 Å². The van der Waals surface area contributed by atoms with E-state index in [1.807, 2.05) is 61.5 Å². The molecular weight excluding hydrogens is 472 g/mol. The third-order valence-corrected chi connectivity index (χ3v) is 6.07. The van der Waals surface area contributed by atoms with Crippen LogP contribution in [0.5, 0.6) is 5.75 Å². The molecule has 0 spiro atoms. The number of hydrogen-bond donors (Lipinski definition) is 1. The highest BCUT2D eigenvalue weighted by atomic mass is 16.5. The molecule has 5 rings (SSSR count). The summed E-state index contributed by atoms with van der Waals surface area (Å²) >= 11 is 0. The number of fused-ring (bicyclic) bond motifs is 3. The van der Waals surface area contributed by atoms with E-state index in [1.54, 1.807) is 12.3 Å². The van der Waals surface area contributed by atoms with Crippen molar-refractivity contribution in [3.05, 3.63) is 78.3 Å². The van der Waals surface area contributed by atoms with Crippen LogP contribution in [-0.2, 0) is 20.7 Å². The van der Waals surface area contributed by atoms with Gasteiger partial charge >= 0.3 is 5.97 Å². The van der Waals surface area contributed by atoms with Gasteiger partial charge in [-0.05, 0) is 26.0 Å². The summed E-state index contributed by atoms with van der Waals surface area (Å²) in [5.74, 6) is 0.511. The second kappa shape index (κ2) is 10.2. The molecule has 2 aromatic heterocycles. The molecule has 0 aliphatic carbocycles. The molecule has 0 unspecified atom stereocenters. The molecule has 0 bridgehead atoms. The van der Waals surface area contributed by atoms with E-state index in [0.29, 0.717) is 28.7 Å². The van der Waals surface area contributed by atoms with Crippen LogP contribution >= 0.6 is 0 Å². The van der Waals surface area contributed by atoms with Crippen LogP contribution in [0.4, 0.5) is 5.69 Å². The third kappa shape index (κ3) is 5.18. The number of para-hydroxylation sites is 1. The van der Waals surface area contributed by atoms with E-state index in [9.17, 15) is 9.59 Å². The Labute approximate surface area is 213 Å². The lowest BCUT2D eigenvalue weighted by Gasteiger charge is -2.15. The van der Waals surface area contributed by atoms with Crippen molar-refractivity contribution in [1.29, 1.82) is 0 Å². The number of aromatic nitrogens is 1. The fourth-order valence-corrected chi connectivity index (χ4v) is 4.05. The van der Waals surface area contributed by atoms with E-state index in [2.05, 4.69) is 10.3 Å². The van der Waals surface area contributed by atoms with Crippen molar-refractivity contribution < 1.29 is 27.9 Å². The number of ether oxygens (including phenoxy) is 2. The number of nitrogens with one attached hydrogen (secondary N) is 1. The van der Waals surface area contributed by atoms with Crippen molar-refractivity contribution in [3.8, 4) is 17.1 Å². The third-order valence-electron chi connectivity index (χ3n) is 6.07. The van der Waals surface area contributed by atoms with Gasteiger partial charge in [-0.15, -0.1) is 0 Å². The summed E-state index contributed by atoms with van der Waals surface area (Å²) < 4.78 is 22.5. The number of amides is 1. The van der Waals surface area contributed by atoms with Crippen molar-refractivity contribution in [2.24, 2.45) is 0 Å². The Hall–Kier alpha value is -4.59. The molecule has 188 valence electrons. The predicted octanol–water partition coefficient (Wildman–Crippen LogP) is 6.06. The van der Waals surface area contributed by atoms with Gasteiger partial charge in [0.15, 0.2) is 17.8 Å². The molecule has 3 aromatic carbocycles. The van der Waals surface area contributed by atoms with Gasteiger partial charge in [0, 0.05) is 28.8 Å². The minimum atomic E-state index is -1.02. The number of carbonyl (C=O) groups is 2. The lowest BCUT2D eigenvalue weighted by atomic mass is 10.1. The van der Waals surface area contributed by atoms with Crippen LogP contribution in [0, 0.1) is 6.92 Å². The fourth-order valence-electron chi connectivity index (χ4n) is 4.05. The Morgan fingerprint density at radius 3 is 2.57 bits per heavy atom. The first kappa shape index (κ1) is 24.1. The summed E-state index contributed by atoms with van der Waals surface area (Å²) in [6.45, 7) is 3.53. The number of benzene rings is 3. The maximum absolute atomic E-state index is 12.8. The molecule has 37 heavy (non-hydrogen) atoms. The number of hydrogen-bond acceptors (Lipinski definition) is 7. The van der Waals surface area contributed by atoms with Gasteiger partial charge in [0.2, 0.25) is 0 Å². The van der Waals surface area contributed by atoms with Gasteiger partial charge in [-0.2, -0.15) is 0 Å². The highest BCUT2D eigenvalue weighted by Crippen LogP contribution is 2.36. The maximum Gasteiger partial charge on any atom is 0.307 e. The van der Waals surface area contributed by atoms with Gasteiger partial charge in [-0.1, -0.05) is 48.0 Å². The average Bonchev–Trinajstić information content (AvgIpc) is 3.51. The molecule has 8 nitrogen and oxygen atoms in total. The first-order valence-corrected chi connectivity index (χ1v) is 11.9. The van der Waals surface area contributed by atoms with Crippen LogP contribution in [0.1, 0.15) is 24.8 Å². The molecule has 0 fully saturated rings. The quantitative estimate of drug-likeness (QED) is 0.259. The summed E-state index contributed by atoms with van der Waals surface area (Å²) in [5.41, 5.74) is 3.83. The second-order valence-corrected chi connectivity index (χ2v) is 8.75. The number of oxazole rings is 1. The Balaban J connectivity index is 1.19. The van der Waals surface area contributed by atoms with Crippen LogP contribution in [0.25, 0.3) is 33.3 Å². The van der Waals surface area contributed by atoms with Crippen molar-refractivity contribution in [2.45, 2.75) is 32.8 Å². The number of carbonyl (C=O) groups excluding carboxylic acids is 2. The monoisotopic (exact) mass is 498 g/mol. The Morgan fingerprint density at radius 1 is 1.00 bits per heavy atom. The average molecular weight is 499 g/mol. The molecule has 1 amide bonds. The summed E-state index contributed by atoms with van der Waals surface area (Å²) in [4.78, 5) is 29.4. The van der Waals surface area contributed by atoms with E-state index < -0.39 is 18.0 Å². The zero-order valence-corrected chi connectivity index (χ0v) is 20.7. The smallest absolute Gasteiger partial charge is 0.307 e. The largest absolute Gasteiger partial charge is 0.495 e. The fraction of sp³-hybridized carbons (Fsp3) is 0.207. The summed E-state index contributed by atoms with van der Waals surface area (Å²) in [5, 5.41) is 4.60. The molecule has 0 saturated carbocycles. The minimum absolute atomic E-state index is 0.0275. The number of nitrogens with zero attached hydrogens (tertiary/aromatic N) is 1. The van der Waals surface area contributed by atoms with Gasteiger partial charge in [-0.3, -0.25) is 9.59 Å². The topological polar surface area (TPSA) is 104 Å². The lowest BCUT2D eigenvalue weighted by Crippen LogP contribution is -2.30. The molecule has 0 aliphatic rings. The highest BCUT2D eigenvalue weighted by Gasteiger charge is 2.21. The van der Waals surface area contributed by atoms with Gasteiger partial charge in [0.05, 0.1) is 25.4 Å². The summed E-state index contributed by atoms with van der Waals surface area (Å²) in [7, 11) is 1.52. The number of furan rings is 1. The zero-order valence-electron chi connectivity index (χ0n) is 20.7.